The van der Waals surface area contributed by atoms with E-state index in [1.54, 1.807) is 0 Å². The van der Waals surface area contributed by atoms with Crippen LogP contribution in [-0.2, 0) is 4.74 Å². The number of nitrogens with zero attached hydrogens (tertiary/aromatic N) is 1. The summed E-state index contributed by atoms with van der Waals surface area (Å²) in [6.07, 6.45) is 2.82. The molecule has 0 aliphatic rings. The summed E-state index contributed by atoms with van der Waals surface area (Å²) in [6.45, 7) is 2.39. The largest absolute Gasteiger partial charge is 0.487 e. The van der Waals surface area contributed by atoms with Crippen LogP contribution in [-0.4, -0.2) is 43.7 Å². The van der Waals surface area contributed by atoms with Crippen molar-refractivity contribution in [2.75, 3.05) is 33.8 Å². The van der Waals surface area contributed by atoms with Gasteiger partial charge in [0.15, 0.2) is 5.05 Å². The van der Waals surface area contributed by atoms with Crippen molar-refractivity contribution < 1.29 is 4.74 Å². The highest BCUT2D eigenvalue weighted by molar-refractivity contribution is 7.80. The summed E-state index contributed by atoms with van der Waals surface area (Å²) in [6, 6.07) is 0. The van der Waals surface area contributed by atoms with Gasteiger partial charge >= 0.3 is 0 Å². The summed E-state index contributed by atoms with van der Waals surface area (Å²) in [5.41, 5.74) is 5.32. The Hall–Kier alpha value is 0.390. The predicted molar refractivity (Wildman–Crippen MR) is 74.5 cm³/mol. The second-order valence-electron chi connectivity index (χ2n) is 3.27. The van der Waals surface area contributed by atoms with E-state index in [9.17, 15) is 0 Å². The first-order valence-corrected chi connectivity index (χ1v) is 5.08. The third-order valence-electron chi connectivity index (χ3n) is 1.60. The summed E-state index contributed by atoms with van der Waals surface area (Å²) in [4.78, 5) is 2.14. The molecule has 0 aliphatic heterocycles. The Morgan fingerprint density at radius 2 is 1.87 bits per heavy atom. The standard InChI is InChI=1S/C9H20N2OS.2ClH/c1-11(2)7-3-5-9(13)12-8-4-6-10;;/h3-8,10H2,1-2H3;2*1H. The van der Waals surface area contributed by atoms with Crippen LogP contribution in [0.25, 0.3) is 0 Å². The third kappa shape index (κ3) is 17.0. The molecule has 3 nitrogen and oxygen atoms in total. The number of halogens is 2. The van der Waals surface area contributed by atoms with Crippen LogP contribution < -0.4 is 5.73 Å². The molecule has 0 fully saturated rings. The number of hydrogen-bond donors (Lipinski definition) is 1. The fourth-order valence-corrected chi connectivity index (χ4v) is 1.11. The molecule has 0 aromatic rings. The van der Waals surface area contributed by atoms with Crippen LogP contribution in [0.2, 0.25) is 0 Å². The summed E-state index contributed by atoms with van der Waals surface area (Å²) < 4.78 is 5.30. The lowest BCUT2D eigenvalue weighted by Crippen LogP contribution is -2.15. The van der Waals surface area contributed by atoms with E-state index >= 15 is 0 Å². The minimum atomic E-state index is 0. The quantitative estimate of drug-likeness (QED) is 0.569. The maximum Gasteiger partial charge on any atom is 0.159 e. The van der Waals surface area contributed by atoms with Crippen LogP contribution in [0.1, 0.15) is 19.3 Å². The minimum absolute atomic E-state index is 0. The van der Waals surface area contributed by atoms with Crippen LogP contribution in [0.15, 0.2) is 0 Å². The van der Waals surface area contributed by atoms with E-state index in [2.05, 4.69) is 19.0 Å². The maximum atomic E-state index is 5.32. The molecule has 94 valence electrons. The molecule has 0 rings (SSSR count). The normalized spacial score (nSPS) is 9.07. The molecular weight excluding hydrogens is 255 g/mol. The van der Waals surface area contributed by atoms with E-state index in [0.717, 1.165) is 30.9 Å². The van der Waals surface area contributed by atoms with E-state index in [-0.39, 0.29) is 24.8 Å². The van der Waals surface area contributed by atoms with Crippen molar-refractivity contribution >= 4 is 42.1 Å². The molecule has 0 atom stereocenters. The number of thiocarbonyl (C=S) groups is 1. The van der Waals surface area contributed by atoms with Gasteiger partial charge in [0.2, 0.25) is 0 Å². The van der Waals surface area contributed by atoms with Crippen molar-refractivity contribution in [3.05, 3.63) is 0 Å². The zero-order valence-corrected chi connectivity index (χ0v) is 11.8. The van der Waals surface area contributed by atoms with Gasteiger partial charge in [0.1, 0.15) is 0 Å². The van der Waals surface area contributed by atoms with E-state index < -0.39 is 0 Å². The van der Waals surface area contributed by atoms with Crippen molar-refractivity contribution in [2.24, 2.45) is 5.73 Å². The lowest BCUT2D eigenvalue weighted by molar-refractivity contribution is 0.296. The van der Waals surface area contributed by atoms with Gasteiger partial charge in [-0.1, -0.05) is 0 Å². The molecule has 0 amide bonds. The highest BCUT2D eigenvalue weighted by Crippen LogP contribution is 1.97. The van der Waals surface area contributed by atoms with Crippen molar-refractivity contribution in [3.63, 3.8) is 0 Å². The topological polar surface area (TPSA) is 38.5 Å². The highest BCUT2D eigenvalue weighted by Gasteiger charge is 1.98. The van der Waals surface area contributed by atoms with Gasteiger partial charge in [0, 0.05) is 6.42 Å². The molecule has 2 N–H and O–H groups in total. The van der Waals surface area contributed by atoms with Crippen LogP contribution in [0, 0.1) is 0 Å². The summed E-state index contributed by atoms with van der Waals surface area (Å²) in [5.74, 6) is 0. The van der Waals surface area contributed by atoms with E-state index in [1.165, 1.54) is 0 Å². The molecule has 0 bridgehead atoms. The molecule has 0 spiro atoms. The Morgan fingerprint density at radius 3 is 2.33 bits per heavy atom. The molecule has 0 saturated heterocycles. The predicted octanol–water partition coefficient (Wildman–Crippen LogP) is 1.86. The Bertz CT molecular complexity index is 148. The van der Waals surface area contributed by atoms with Crippen LogP contribution in [0.3, 0.4) is 0 Å². The fourth-order valence-electron chi connectivity index (χ4n) is 0.881. The van der Waals surface area contributed by atoms with Crippen LogP contribution in [0.4, 0.5) is 0 Å². The summed E-state index contributed by atoms with van der Waals surface area (Å²) in [7, 11) is 4.11. The average molecular weight is 277 g/mol. The van der Waals surface area contributed by atoms with Gasteiger partial charge in [-0.05, 0) is 52.2 Å². The number of nitrogens with two attached hydrogens (primary N) is 1. The first-order valence-electron chi connectivity index (χ1n) is 4.67. The SMILES string of the molecule is CN(C)CCCC(=S)OCCCN.Cl.Cl. The molecule has 0 unspecified atom stereocenters. The van der Waals surface area contributed by atoms with Crippen molar-refractivity contribution in [1.82, 2.24) is 4.90 Å². The first kappa shape index (κ1) is 20.8. The Morgan fingerprint density at radius 1 is 1.27 bits per heavy atom. The van der Waals surface area contributed by atoms with E-state index in [1.807, 2.05) is 0 Å². The molecule has 0 heterocycles. The first-order chi connectivity index (χ1) is 6.16. The minimum Gasteiger partial charge on any atom is -0.487 e. The maximum absolute atomic E-state index is 5.32. The average Bonchev–Trinajstić information content (AvgIpc) is 2.04. The second-order valence-corrected chi connectivity index (χ2v) is 3.72. The Balaban J connectivity index is -0.000000720. The zero-order valence-electron chi connectivity index (χ0n) is 9.40. The highest BCUT2D eigenvalue weighted by atomic mass is 35.5. The van der Waals surface area contributed by atoms with E-state index in [0.29, 0.717) is 13.2 Å². The lowest BCUT2D eigenvalue weighted by Gasteiger charge is -2.10. The lowest BCUT2D eigenvalue weighted by atomic mass is 10.3. The molecule has 0 aromatic heterocycles. The van der Waals surface area contributed by atoms with Crippen molar-refractivity contribution in [1.29, 1.82) is 0 Å². The van der Waals surface area contributed by atoms with Gasteiger partial charge in [0.25, 0.3) is 0 Å². The molecular formula is C9H22Cl2N2OS. The monoisotopic (exact) mass is 276 g/mol. The smallest absolute Gasteiger partial charge is 0.159 e. The van der Waals surface area contributed by atoms with Crippen LogP contribution in [0.5, 0.6) is 0 Å². The van der Waals surface area contributed by atoms with Gasteiger partial charge in [-0.3, -0.25) is 0 Å². The molecule has 0 aromatic carbocycles. The van der Waals surface area contributed by atoms with E-state index in [4.69, 9.17) is 22.7 Å². The number of rotatable bonds is 7. The fraction of sp³-hybridized carbons (Fsp3) is 0.889. The van der Waals surface area contributed by atoms with Gasteiger partial charge in [0.05, 0.1) is 6.61 Å². The Labute approximate surface area is 111 Å². The number of hydrogen-bond acceptors (Lipinski definition) is 4. The molecule has 0 aliphatic carbocycles. The number of ether oxygens (including phenoxy) is 1. The molecule has 6 heteroatoms. The van der Waals surface area contributed by atoms with Crippen molar-refractivity contribution in [3.8, 4) is 0 Å². The molecule has 15 heavy (non-hydrogen) atoms. The second kappa shape index (κ2) is 14.4. The third-order valence-corrected chi connectivity index (χ3v) is 1.92. The molecule has 0 radical (unpaired) electrons. The zero-order chi connectivity index (χ0) is 10.1. The van der Waals surface area contributed by atoms with Gasteiger partial charge in [-0.2, -0.15) is 0 Å². The van der Waals surface area contributed by atoms with Gasteiger partial charge in [-0.25, -0.2) is 0 Å². The van der Waals surface area contributed by atoms with Crippen LogP contribution >= 0.6 is 37.0 Å². The van der Waals surface area contributed by atoms with Gasteiger partial charge < -0.3 is 15.4 Å². The Kier molecular flexibility index (Phi) is 19.9. The summed E-state index contributed by atoms with van der Waals surface area (Å²) >= 11 is 5.04. The van der Waals surface area contributed by atoms with Gasteiger partial charge in [-0.15, -0.1) is 24.8 Å². The molecule has 0 saturated carbocycles. The van der Waals surface area contributed by atoms with Crippen molar-refractivity contribution in [2.45, 2.75) is 19.3 Å². The summed E-state index contributed by atoms with van der Waals surface area (Å²) in [5, 5.41) is 0.718.